The zero-order valence-electron chi connectivity index (χ0n) is 20.7. The number of ether oxygens (including phenoxy) is 3. The minimum absolute atomic E-state index is 0.168. The Balaban J connectivity index is 1.66. The van der Waals surface area contributed by atoms with Crippen molar-refractivity contribution in [1.29, 1.82) is 0 Å². The van der Waals surface area contributed by atoms with Crippen molar-refractivity contribution in [3.8, 4) is 11.5 Å². The molecule has 0 unspecified atom stereocenters. The Morgan fingerprint density at radius 1 is 1.08 bits per heavy atom. The minimum Gasteiger partial charge on any atom is -0.493 e. The van der Waals surface area contributed by atoms with Crippen LogP contribution in [0.25, 0.3) is 6.08 Å². The van der Waals surface area contributed by atoms with Crippen LogP contribution in [0.4, 0.5) is 10.5 Å². The number of esters is 1. The van der Waals surface area contributed by atoms with Gasteiger partial charge >= 0.3 is 5.97 Å². The summed E-state index contributed by atoms with van der Waals surface area (Å²) in [6, 6.07) is 10.6. The van der Waals surface area contributed by atoms with E-state index in [-0.39, 0.29) is 23.5 Å². The smallest absolute Gasteiger partial charge is 0.326 e. The molecule has 0 spiro atoms. The molecule has 36 heavy (non-hydrogen) atoms. The number of hydrogen-bond acceptors (Lipinski definition) is 8. The number of aryl methyl sites for hydroxylation is 2. The van der Waals surface area contributed by atoms with Crippen molar-refractivity contribution in [2.75, 3.05) is 25.6 Å². The molecule has 0 aromatic heterocycles. The number of imide groups is 1. The van der Waals surface area contributed by atoms with Crippen molar-refractivity contribution < 1.29 is 33.4 Å². The van der Waals surface area contributed by atoms with Crippen LogP contribution in [0.5, 0.6) is 11.5 Å². The first kappa shape index (κ1) is 26.8. The molecule has 10 heteroatoms. The Labute approximate surface area is 213 Å². The maximum absolute atomic E-state index is 12.6. The number of carbonyl (C=O) groups is 4. The molecule has 3 amide bonds. The molecule has 0 bridgehead atoms. The molecule has 1 aliphatic heterocycles. The van der Waals surface area contributed by atoms with Crippen molar-refractivity contribution in [3.63, 3.8) is 0 Å². The van der Waals surface area contributed by atoms with Crippen LogP contribution in [-0.2, 0) is 19.1 Å². The third-order valence-electron chi connectivity index (χ3n) is 5.03. The third-order valence-corrected chi connectivity index (χ3v) is 5.94. The Morgan fingerprint density at radius 3 is 2.50 bits per heavy atom. The maximum atomic E-state index is 12.6. The molecule has 3 rings (SSSR count). The van der Waals surface area contributed by atoms with Gasteiger partial charge in [0.15, 0.2) is 18.1 Å². The van der Waals surface area contributed by atoms with Crippen molar-refractivity contribution >= 4 is 46.5 Å². The van der Waals surface area contributed by atoms with Gasteiger partial charge in [-0.05, 0) is 74.9 Å². The van der Waals surface area contributed by atoms with Gasteiger partial charge < -0.3 is 19.5 Å². The summed E-state index contributed by atoms with van der Waals surface area (Å²) in [7, 11) is 1.45. The number of amides is 3. The molecule has 2 aromatic carbocycles. The Kier molecular flexibility index (Phi) is 8.76. The average Bonchev–Trinajstić information content (AvgIpc) is 3.06. The van der Waals surface area contributed by atoms with E-state index >= 15 is 0 Å². The summed E-state index contributed by atoms with van der Waals surface area (Å²) in [5.41, 5.74) is 3.34. The quantitative estimate of drug-likeness (QED) is 0.391. The normalized spacial score (nSPS) is 14.4. The second-order valence-electron chi connectivity index (χ2n) is 8.37. The van der Waals surface area contributed by atoms with Gasteiger partial charge in [-0.15, -0.1) is 0 Å². The number of methoxy groups -OCH3 is 1. The van der Waals surface area contributed by atoms with Gasteiger partial charge in [0.05, 0.1) is 18.1 Å². The molecule has 1 heterocycles. The van der Waals surface area contributed by atoms with E-state index in [0.717, 1.165) is 27.8 Å². The largest absolute Gasteiger partial charge is 0.493 e. The highest BCUT2D eigenvalue weighted by Crippen LogP contribution is 2.34. The van der Waals surface area contributed by atoms with Gasteiger partial charge in [-0.3, -0.25) is 24.1 Å². The lowest BCUT2D eigenvalue weighted by Gasteiger charge is -2.13. The Morgan fingerprint density at radius 2 is 1.83 bits per heavy atom. The highest BCUT2D eigenvalue weighted by atomic mass is 32.2. The van der Waals surface area contributed by atoms with Crippen molar-refractivity contribution in [3.05, 3.63) is 58.0 Å². The molecule has 1 saturated heterocycles. The number of thioether (sulfide) groups is 1. The van der Waals surface area contributed by atoms with Crippen LogP contribution >= 0.6 is 11.8 Å². The summed E-state index contributed by atoms with van der Waals surface area (Å²) in [5, 5.41) is 2.27. The first-order chi connectivity index (χ1) is 17.1. The highest BCUT2D eigenvalue weighted by Gasteiger charge is 2.36. The van der Waals surface area contributed by atoms with Crippen molar-refractivity contribution in [2.24, 2.45) is 0 Å². The van der Waals surface area contributed by atoms with Gasteiger partial charge in [-0.1, -0.05) is 23.8 Å². The van der Waals surface area contributed by atoms with E-state index in [2.05, 4.69) is 5.32 Å². The fourth-order valence-corrected chi connectivity index (χ4v) is 4.23. The number of carbonyl (C=O) groups excluding carboxylic acids is 4. The second-order valence-corrected chi connectivity index (χ2v) is 9.37. The summed E-state index contributed by atoms with van der Waals surface area (Å²) < 4.78 is 16.0. The lowest BCUT2D eigenvalue weighted by atomic mass is 10.1. The van der Waals surface area contributed by atoms with Crippen LogP contribution in [0.15, 0.2) is 41.3 Å². The molecule has 1 fully saturated rings. The topological polar surface area (TPSA) is 111 Å². The predicted octanol–water partition coefficient (Wildman–Crippen LogP) is 4.32. The van der Waals surface area contributed by atoms with Gasteiger partial charge in [-0.2, -0.15) is 0 Å². The first-order valence-electron chi connectivity index (χ1n) is 11.2. The highest BCUT2D eigenvalue weighted by molar-refractivity contribution is 8.18. The Bertz CT molecular complexity index is 1220. The third kappa shape index (κ3) is 6.88. The van der Waals surface area contributed by atoms with Gasteiger partial charge in [0.1, 0.15) is 6.54 Å². The van der Waals surface area contributed by atoms with E-state index in [9.17, 15) is 19.2 Å². The molecule has 9 nitrogen and oxygen atoms in total. The summed E-state index contributed by atoms with van der Waals surface area (Å²) in [4.78, 5) is 50.1. The molecule has 2 aromatic rings. The maximum Gasteiger partial charge on any atom is 0.326 e. The number of benzene rings is 2. The van der Waals surface area contributed by atoms with Gasteiger partial charge in [-0.25, -0.2) is 0 Å². The molecule has 0 aliphatic carbocycles. The minimum atomic E-state index is -0.654. The van der Waals surface area contributed by atoms with Crippen molar-refractivity contribution in [2.45, 2.75) is 33.8 Å². The predicted molar refractivity (Wildman–Crippen MR) is 137 cm³/mol. The van der Waals surface area contributed by atoms with E-state index in [0.29, 0.717) is 22.7 Å². The standard InChI is InChI=1S/C26H28N2O7S/c1-15(2)35-24(30)13-28-25(31)22(36-26(28)32)12-18-7-9-20(21(11-18)33-5)34-14-23(29)27-19-8-6-16(3)10-17(19)4/h6-12,15H,13-14H2,1-5H3,(H,27,29)/b22-12-. The number of anilines is 1. The molecule has 1 N–H and O–H groups in total. The molecule has 1 aliphatic rings. The van der Waals surface area contributed by atoms with Crippen LogP contribution < -0.4 is 14.8 Å². The zero-order chi connectivity index (χ0) is 26.4. The summed E-state index contributed by atoms with van der Waals surface area (Å²) >= 11 is 0.738. The van der Waals surface area contributed by atoms with E-state index in [1.807, 2.05) is 32.0 Å². The second kappa shape index (κ2) is 11.8. The van der Waals surface area contributed by atoms with Gasteiger partial charge in [0.2, 0.25) is 0 Å². The lowest BCUT2D eigenvalue weighted by Crippen LogP contribution is -2.35. The van der Waals surface area contributed by atoms with E-state index in [4.69, 9.17) is 14.2 Å². The molecule has 0 saturated carbocycles. The van der Waals surface area contributed by atoms with Crippen LogP contribution in [0.1, 0.15) is 30.5 Å². The molecular weight excluding hydrogens is 484 g/mol. The van der Waals surface area contributed by atoms with Gasteiger partial charge in [0.25, 0.3) is 17.1 Å². The average molecular weight is 513 g/mol. The van der Waals surface area contributed by atoms with E-state index in [1.54, 1.807) is 32.0 Å². The van der Waals surface area contributed by atoms with Crippen molar-refractivity contribution in [1.82, 2.24) is 4.90 Å². The van der Waals surface area contributed by atoms with Crippen LogP contribution in [-0.4, -0.2) is 54.3 Å². The van der Waals surface area contributed by atoms with Gasteiger partial charge in [0, 0.05) is 5.69 Å². The van der Waals surface area contributed by atoms with Crippen LogP contribution in [0.2, 0.25) is 0 Å². The molecule has 0 radical (unpaired) electrons. The molecule has 190 valence electrons. The SMILES string of the molecule is COc1cc(/C=C2\SC(=O)N(CC(=O)OC(C)C)C2=O)ccc1OCC(=O)Nc1ccc(C)cc1C. The number of rotatable bonds is 9. The molecular formula is C26H28N2O7S. The number of nitrogens with zero attached hydrogens (tertiary/aromatic N) is 1. The zero-order valence-corrected chi connectivity index (χ0v) is 21.6. The molecule has 0 atom stereocenters. The first-order valence-corrected chi connectivity index (χ1v) is 12.0. The summed E-state index contributed by atoms with van der Waals surface area (Å²) in [6.45, 7) is 6.59. The number of hydrogen-bond donors (Lipinski definition) is 1. The Hall–Kier alpha value is -3.79. The van der Waals surface area contributed by atoms with E-state index < -0.39 is 23.7 Å². The fraction of sp³-hybridized carbons (Fsp3) is 0.308. The fourth-order valence-electron chi connectivity index (χ4n) is 3.39. The van der Waals surface area contributed by atoms with Crippen LogP contribution in [0, 0.1) is 13.8 Å². The lowest BCUT2D eigenvalue weighted by molar-refractivity contribution is -0.149. The summed E-state index contributed by atoms with van der Waals surface area (Å²) in [6.07, 6.45) is 1.18. The summed E-state index contributed by atoms with van der Waals surface area (Å²) in [5.74, 6) is -0.859. The number of nitrogens with one attached hydrogen (secondary N) is 1. The van der Waals surface area contributed by atoms with Crippen LogP contribution in [0.3, 0.4) is 0 Å². The van der Waals surface area contributed by atoms with E-state index in [1.165, 1.54) is 13.2 Å². The monoisotopic (exact) mass is 512 g/mol.